The Bertz CT molecular complexity index is 570. The lowest BCUT2D eigenvalue weighted by atomic mass is 9.56. The Balaban J connectivity index is 1.67. The first-order valence-electron chi connectivity index (χ1n) is 7.40. The van der Waals surface area contributed by atoms with Crippen LogP contribution in [0.3, 0.4) is 0 Å². The second-order valence-electron chi connectivity index (χ2n) is 7.30. The summed E-state index contributed by atoms with van der Waals surface area (Å²) in [6.07, 6.45) is 1.82. The van der Waals surface area contributed by atoms with Gasteiger partial charge in [-0.05, 0) is 49.5 Å². The average Bonchev–Trinajstić information content (AvgIpc) is 2.70. The molecule has 0 radical (unpaired) electrons. The highest BCUT2D eigenvalue weighted by atomic mass is 79.9. The molecule has 3 rings (SSSR count). The Morgan fingerprint density at radius 2 is 2.14 bits per heavy atom. The second kappa shape index (κ2) is 5.54. The van der Waals surface area contributed by atoms with Crippen molar-refractivity contribution >= 4 is 33.2 Å². The van der Waals surface area contributed by atoms with E-state index in [9.17, 15) is 4.79 Å². The Morgan fingerprint density at radius 3 is 2.59 bits per heavy atom. The number of nitrogens with one attached hydrogen (secondary N) is 1. The molecule has 7 heteroatoms. The van der Waals surface area contributed by atoms with Crippen LogP contribution >= 0.6 is 27.3 Å². The van der Waals surface area contributed by atoms with Crippen LogP contribution in [0.15, 0.2) is 9.98 Å². The molecule has 0 unspecified atom stereocenters. The lowest BCUT2D eigenvalue weighted by Crippen LogP contribution is -2.66. The van der Waals surface area contributed by atoms with E-state index in [1.165, 1.54) is 0 Å². The Morgan fingerprint density at radius 1 is 1.45 bits per heavy atom. The van der Waals surface area contributed by atoms with Crippen LogP contribution in [0.1, 0.15) is 38.6 Å². The zero-order valence-electron chi connectivity index (χ0n) is 13.1. The molecule has 1 saturated heterocycles. The van der Waals surface area contributed by atoms with Crippen LogP contribution in [0, 0.1) is 5.41 Å². The fraction of sp³-hybridized carbons (Fsp3) is 0.733. The number of ether oxygens (including phenoxy) is 2. The SMILES string of the molecule is CC(C)(C)OC(=O)COC1(c2nc(Br)cs2)CC2(CNC2)C1. The monoisotopic (exact) mass is 388 g/mol. The lowest BCUT2D eigenvalue weighted by molar-refractivity contribution is -0.206. The van der Waals surface area contributed by atoms with Gasteiger partial charge in [0.15, 0.2) is 0 Å². The summed E-state index contributed by atoms with van der Waals surface area (Å²) in [7, 11) is 0. The largest absolute Gasteiger partial charge is 0.458 e. The molecule has 122 valence electrons. The minimum Gasteiger partial charge on any atom is -0.458 e. The van der Waals surface area contributed by atoms with Crippen molar-refractivity contribution in [3.05, 3.63) is 15.0 Å². The molecule has 2 aliphatic rings. The van der Waals surface area contributed by atoms with Gasteiger partial charge in [0.2, 0.25) is 0 Å². The predicted molar refractivity (Wildman–Crippen MR) is 87.8 cm³/mol. The van der Waals surface area contributed by atoms with Crippen molar-refractivity contribution in [2.24, 2.45) is 5.41 Å². The van der Waals surface area contributed by atoms with E-state index in [4.69, 9.17) is 9.47 Å². The highest BCUT2D eigenvalue weighted by Gasteiger charge is 2.60. The molecule has 1 aliphatic carbocycles. The van der Waals surface area contributed by atoms with Gasteiger partial charge in [-0.25, -0.2) is 9.78 Å². The molecule has 2 heterocycles. The lowest BCUT2D eigenvalue weighted by Gasteiger charge is -2.59. The van der Waals surface area contributed by atoms with E-state index in [1.54, 1.807) is 11.3 Å². The van der Waals surface area contributed by atoms with Gasteiger partial charge in [-0.15, -0.1) is 11.3 Å². The maximum absolute atomic E-state index is 11.9. The third-order valence-electron chi connectivity index (χ3n) is 4.07. The molecule has 2 fully saturated rings. The summed E-state index contributed by atoms with van der Waals surface area (Å²) < 4.78 is 12.2. The number of thiazole rings is 1. The van der Waals surface area contributed by atoms with Crippen LogP contribution in [0.5, 0.6) is 0 Å². The minimum atomic E-state index is -0.490. The van der Waals surface area contributed by atoms with E-state index in [1.807, 2.05) is 26.2 Å². The van der Waals surface area contributed by atoms with Crippen molar-refractivity contribution in [2.45, 2.75) is 44.8 Å². The quantitative estimate of drug-likeness (QED) is 0.803. The smallest absolute Gasteiger partial charge is 0.332 e. The molecule has 0 amide bonds. The third-order valence-corrected chi connectivity index (χ3v) is 5.81. The fourth-order valence-electron chi connectivity index (χ4n) is 3.23. The second-order valence-corrected chi connectivity index (χ2v) is 8.97. The zero-order valence-corrected chi connectivity index (χ0v) is 15.5. The number of nitrogens with zero attached hydrogens (tertiary/aromatic N) is 1. The van der Waals surface area contributed by atoms with Gasteiger partial charge in [0, 0.05) is 23.9 Å². The number of carbonyl (C=O) groups is 1. The molecule has 0 bridgehead atoms. The molecule has 1 spiro atoms. The van der Waals surface area contributed by atoms with E-state index in [0.29, 0.717) is 5.41 Å². The number of halogens is 1. The Kier molecular flexibility index (Phi) is 4.12. The van der Waals surface area contributed by atoms with Crippen LogP contribution in [0.2, 0.25) is 0 Å². The molecule has 0 atom stereocenters. The zero-order chi connectivity index (χ0) is 16.0. The number of carbonyl (C=O) groups excluding carboxylic acids is 1. The van der Waals surface area contributed by atoms with Crippen LogP contribution < -0.4 is 5.32 Å². The minimum absolute atomic E-state index is 0.0298. The summed E-state index contributed by atoms with van der Waals surface area (Å²) in [5.41, 5.74) is -0.599. The van der Waals surface area contributed by atoms with E-state index >= 15 is 0 Å². The fourth-order valence-corrected chi connectivity index (χ4v) is 4.64. The van der Waals surface area contributed by atoms with Crippen LogP contribution in [0.4, 0.5) is 0 Å². The molecular formula is C15H21BrN2O3S. The molecule has 5 nitrogen and oxygen atoms in total. The van der Waals surface area contributed by atoms with Gasteiger partial charge >= 0.3 is 5.97 Å². The first-order valence-corrected chi connectivity index (χ1v) is 9.07. The van der Waals surface area contributed by atoms with Crippen LogP contribution in [-0.4, -0.2) is 36.3 Å². The van der Waals surface area contributed by atoms with Gasteiger partial charge < -0.3 is 14.8 Å². The summed E-state index contributed by atoms with van der Waals surface area (Å²) in [5.74, 6) is -0.324. The highest BCUT2D eigenvalue weighted by Crippen LogP contribution is 2.58. The van der Waals surface area contributed by atoms with E-state index in [-0.39, 0.29) is 12.6 Å². The Hall–Kier alpha value is -0.500. The number of hydrogen-bond donors (Lipinski definition) is 1. The molecule has 1 N–H and O–H groups in total. The van der Waals surface area contributed by atoms with E-state index in [2.05, 4.69) is 26.2 Å². The van der Waals surface area contributed by atoms with Crippen LogP contribution in [-0.2, 0) is 19.9 Å². The number of aromatic nitrogens is 1. The van der Waals surface area contributed by atoms with Gasteiger partial charge in [-0.3, -0.25) is 0 Å². The van der Waals surface area contributed by atoms with Crippen molar-refractivity contribution < 1.29 is 14.3 Å². The summed E-state index contributed by atoms with van der Waals surface area (Å²) in [6.45, 7) is 7.59. The van der Waals surface area contributed by atoms with Crippen molar-refractivity contribution in [1.29, 1.82) is 0 Å². The van der Waals surface area contributed by atoms with Gasteiger partial charge in [-0.1, -0.05) is 0 Å². The maximum atomic E-state index is 11.9. The van der Waals surface area contributed by atoms with Crippen molar-refractivity contribution in [2.75, 3.05) is 19.7 Å². The third kappa shape index (κ3) is 3.22. The normalized spacial score (nSPS) is 22.0. The molecule has 1 aromatic heterocycles. The molecular weight excluding hydrogens is 368 g/mol. The number of rotatable bonds is 4. The summed E-state index contributed by atoms with van der Waals surface area (Å²) in [4.78, 5) is 16.5. The van der Waals surface area contributed by atoms with Crippen molar-refractivity contribution in [3.63, 3.8) is 0 Å². The Labute approximate surface area is 142 Å². The maximum Gasteiger partial charge on any atom is 0.332 e. The summed E-state index contributed by atoms with van der Waals surface area (Å²) >= 11 is 4.97. The van der Waals surface area contributed by atoms with E-state index < -0.39 is 11.2 Å². The standard InChI is InChI=1S/C15H21BrN2O3S/c1-13(2,3)21-11(19)4-20-15(12-18-10(16)5-22-12)6-14(7-15)8-17-9-14/h5,17H,4,6-9H2,1-3H3. The van der Waals surface area contributed by atoms with Gasteiger partial charge in [-0.2, -0.15) is 0 Å². The van der Waals surface area contributed by atoms with Crippen molar-refractivity contribution in [1.82, 2.24) is 10.3 Å². The molecule has 1 saturated carbocycles. The molecule has 1 aliphatic heterocycles. The number of esters is 1. The summed E-state index contributed by atoms with van der Waals surface area (Å²) in [5, 5.41) is 6.22. The topological polar surface area (TPSA) is 60.5 Å². The van der Waals surface area contributed by atoms with E-state index in [0.717, 1.165) is 35.5 Å². The van der Waals surface area contributed by atoms with Crippen LogP contribution in [0.25, 0.3) is 0 Å². The highest BCUT2D eigenvalue weighted by molar-refractivity contribution is 9.10. The summed E-state index contributed by atoms with van der Waals surface area (Å²) in [6, 6.07) is 0. The van der Waals surface area contributed by atoms with Gasteiger partial charge in [0.25, 0.3) is 0 Å². The first kappa shape index (κ1) is 16.4. The first-order chi connectivity index (χ1) is 10.2. The average molecular weight is 389 g/mol. The molecule has 1 aromatic rings. The van der Waals surface area contributed by atoms with Gasteiger partial charge in [0.1, 0.15) is 27.4 Å². The van der Waals surface area contributed by atoms with Crippen molar-refractivity contribution in [3.8, 4) is 0 Å². The molecule has 22 heavy (non-hydrogen) atoms. The number of hydrogen-bond acceptors (Lipinski definition) is 6. The predicted octanol–water partition coefficient (Wildman–Crippen LogP) is 2.84. The van der Waals surface area contributed by atoms with Gasteiger partial charge in [0.05, 0.1) is 0 Å². The molecule has 0 aromatic carbocycles.